The maximum Gasteiger partial charge on any atom is 0.306 e. The lowest BCUT2D eigenvalue weighted by Gasteiger charge is -2.18. The molecular formula is C61H104O6. The van der Waals surface area contributed by atoms with Crippen molar-refractivity contribution in [2.24, 2.45) is 0 Å². The van der Waals surface area contributed by atoms with Gasteiger partial charge in [0.25, 0.3) is 0 Å². The normalized spacial score (nSPS) is 12.7. The van der Waals surface area contributed by atoms with Crippen LogP contribution in [0.5, 0.6) is 0 Å². The molecule has 0 spiro atoms. The molecule has 384 valence electrons. The molecular weight excluding hydrogens is 829 g/mol. The van der Waals surface area contributed by atoms with Crippen LogP contribution in [0.25, 0.3) is 0 Å². The lowest BCUT2D eigenvalue weighted by molar-refractivity contribution is -0.167. The Morgan fingerprint density at radius 3 is 1.01 bits per heavy atom. The highest BCUT2D eigenvalue weighted by atomic mass is 16.6. The maximum absolute atomic E-state index is 12.8. The molecule has 0 heterocycles. The molecule has 0 aliphatic rings. The van der Waals surface area contributed by atoms with E-state index >= 15 is 0 Å². The van der Waals surface area contributed by atoms with Gasteiger partial charge in [0.2, 0.25) is 0 Å². The first-order valence-electron chi connectivity index (χ1n) is 28.2. The van der Waals surface area contributed by atoms with Gasteiger partial charge in [-0.05, 0) is 89.9 Å². The van der Waals surface area contributed by atoms with Crippen LogP contribution in [0.3, 0.4) is 0 Å². The van der Waals surface area contributed by atoms with Gasteiger partial charge in [-0.25, -0.2) is 0 Å². The van der Waals surface area contributed by atoms with Crippen LogP contribution in [-0.2, 0) is 28.6 Å². The molecule has 0 saturated heterocycles. The average molecular weight is 933 g/mol. The Morgan fingerprint density at radius 1 is 0.313 bits per heavy atom. The molecule has 0 saturated carbocycles. The smallest absolute Gasteiger partial charge is 0.306 e. The van der Waals surface area contributed by atoms with Gasteiger partial charge < -0.3 is 14.2 Å². The highest BCUT2D eigenvalue weighted by Gasteiger charge is 2.19. The summed E-state index contributed by atoms with van der Waals surface area (Å²) in [4.78, 5) is 38.1. The van der Waals surface area contributed by atoms with Gasteiger partial charge >= 0.3 is 17.9 Å². The summed E-state index contributed by atoms with van der Waals surface area (Å²) in [6, 6.07) is 0. The topological polar surface area (TPSA) is 78.9 Å². The quantitative estimate of drug-likeness (QED) is 0.0199. The summed E-state index contributed by atoms with van der Waals surface area (Å²) in [5.41, 5.74) is 0. The maximum atomic E-state index is 12.8. The minimum Gasteiger partial charge on any atom is -0.462 e. The third kappa shape index (κ3) is 53.4. The summed E-state index contributed by atoms with van der Waals surface area (Å²) in [5.74, 6) is -0.937. The molecule has 0 aliphatic carbocycles. The van der Waals surface area contributed by atoms with E-state index in [-0.39, 0.29) is 31.1 Å². The molecule has 0 rings (SSSR count). The fourth-order valence-electron chi connectivity index (χ4n) is 7.73. The first-order valence-corrected chi connectivity index (χ1v) is 28.2. The van der Waals surface area contributed by atoms with Crippen LogP contribution in [0.4, 0.5) is 0 Å². The Morgan fingerprint density at radius 2 is 0.597 bits per heavy atom. The van der Waals surface area contributed by atoms with Gasteiger partial charge in [-0.15, -0.1) is 0 Å². The van der Waals surface area contributed by atoms with Gasteiger partial charge in [0, 0.05) is 19.3 Å². The SMILES string of the molecule is CC\C=C/C=C\C=C/C=C\CCCCCC(=O)OCC(COC(=O)CCCCCCCCCCCC/C=C\C=C/CCCCC)OC(=O)CCCCCCCCC/C=C\CCCCCCCC. The molecule has 0 aromatic carbocycles. The van der Waals surface area contributed by atoms with Gasteiger partial charge in [0.1, 0.15) is 13.2 Å². The van der Waals surface area contributed by atoms with E-state index < -0.39 is 6.10 Å². The highest BCUT2D eigenvalue weighted by molar-refractivity contribution is 5.71. The van der Waals surface area contributed by atoms with Gasteiger partial charge in [0.15, 0.2) is 6.10 Å². The lowest BCUT2D eigenvalue weighted by Crippen LogP contribution is -2.30. The Hall–Kier alpha value is -3.41. The van der Waals surface area contributed by atoms with Crippen molar-refractivity contribution >= 4 is 17.9 Å². The summed E-state index contributed by atoms with van der Waals surface area (Å²) in [5, 5.41) is 0. The fourth-order valence-corrected chi connectivity index (χ4v) is 7.73. The molecule has 0 aromatic rings. The predicted octanol–water partition coefficient (Wildman–Crippen LogP) is 18.8. The van der Waals surface area contributed by atoms with Crippen molar-refractivity contribution in [3.8, 4) is 0 Å². The fraction of sp³-hybridized carbons (Fsp3) is 0.721. The predicted molar refractivity (Wildman–Crippen MR) is 288 cm³/mol. The summed E-state index contributed by atoms with van der Waals surface area (Å²) < 4.78 is 16.8. The van der Waals surface area contributed by atoms with Crippen LogP contribution in [0.1, 0.15) is 265 Å². The Bertz CT molecular complexity index is 1300. The molecule has 1 atom stereocenters. The lowest BCUT2D eigenvalue weighted by atomic mass is 10.1. The number of unbranched alkanes of at least 4 members (excludes halogenated alkanes) is 29. The van der Waals surface area contributed by atoms with Crippen molar-refractivity contribution in [1.82, 2.24) is 0 Å². The van der Waals surface area contributed by atoms with E-state index in [2.05, 4.69) is 75.5 Å². The van der Waals surface area contributed by atoms with E-state index in [1.165, 1.54) is 154 Å². The molecule has 0 amide bonds. The van der Waals surface area contributed by atoms with E-state index in [9.17, 15) is 14.4 Å². The standard InChI is InChI=1S/C61H104O6/c1-4-7-10-13-16-19-22-25-27-29-30-32-33-36-39-42-45-48-51-54-60(63)66-57-58(56-65-59(62)53-50-47-44-41-38-35-24-21-18-15-12-9-6-3)67-61(64)55-52-49-46-43-40-37-34-31-28-26-23-20-17-14-11-8-5-2/h9,12,15-16,18-19,21-22,24-26,28,35,38,58H,4-8,10-11,13-14,17,20,23,27,29-34,36-37,39-57H2,1-3H3/b12-9-,18-15-,19-16-,24-21-,25-22-,28-26-,38-35-. The number of hydrogen-bond donors (Lipinski definition) is 0. The van der Waals surface area contributed by atoms with Crippen LogP contribution in [0, 0.1) is 0 Å². The highest BCUT2D eigenvalue weighted by Crippen LogP contribution is 2.15. The second-order valence-corrected chi connectivity index (χ2v) is 18.6. The van der Waals surface area contributed by atoms with Crippen LogP contribution in [-0.4, -0.2) is 37.2 Å². The number of carbonyl (C=O) groups is 3. The minimum absolute atomic E-state index is 0.0927. The van der Waals surface area contributed by atoms with Gasteiger partial charge in [-0.2, -0.15) is 0 Å². The zero-order chi connectivity index (χ0) is 48.6. The third-order valence-corrected chi connectivity index (χ3v) is 12.0. The summed E-state index contributed by atoms with van der Waals surface area (Å²) in [7, 11) is 0. The monoisotopic (exact) mass is 933 g/mol. The summed E-state index contributed by atoms with van der Waals surface area (Å²) in [6.07, 6.45) is 71.4. The summed E-state index contributed by atoms with van der Waals surface area (Å²) >= 11 is 0. The minimum atomic E-state index is -0.797. The third-order valence-electron chi connectivity index (χ3n) is 12.0. The number of esters is 3. The Labute approximate surface area is 414 Å². The average Bonchev–Trinajstić information content (AvgIpc) is 3.33. The molecule has 0 aliphatic heterocycles. The van der Waals surface area contributed by atoms with Crippen LogP contribution < -0.4 is 0 Å². The Kier molecular flexibility index (Phi) is 52.4. The van der Waals surface area contributed by atoms with E-state index in [0.717, 1.165) is 70.6 Å². The van der Waals surface area contributed by atoms with Gasteiger partial charge in [-0.1, -0.05) is 241 Å². The number of allylic oxidation sites excluding steroid dienone is 14. The molecule has 6 heteroatoms. The van der Waals surface area contributed by atoms with E-state index in [1.54, 1.807) is 0 Å². The molecule has 0 N–H and O–H groups in total. The second kappa shape index (κ2) is 55.2. The van der Waals surface area contributed by atoms with Gasteiger partial charge in [0.05, 0.1) is 0 Å². The van der Waals surface area contributed by atoms with Crippen molar-refractivity contribution in [2.75, 3.05) is 13.2 Å². The molecule has 0 fully saturated rings. The zero-order valence-electron chi connectivity index (χ0n) is 43.9. The molecule has 0 bridgehead atoms. The number of ether oxygens (including phenoxy) is 3. The van der Waals surface area contributed by atoms with Crippen molar-refractivity contribution in [3.05, 3.63) is 85.1 Å². The summed E-state index contributed by atoms with van der Waals surface area (Å²) in [6.45, 7) is 6.44. The first kappa shape index (κ1) is 63.6. The molecule has 1 unspecified atom stereocenters. The van der Waals surface area contributed by atoms with E-state index in [1.807, 2.05) is 30.4 Å². The first-order chi connectivity index (χ1) is 33.0. The second-order valence-electron chi connectivity index (χ2n) is 18.6. The van der Waals surface area contributed by atoms with Crippen molar-refractivity contribution in [3.63, 3.8) is 0 Å². The van der Waals surface area contributed by atoms with E-state index in [4.69, 9.17) is 14.2 Å². The van der Waals surface area contributed by atoms with E-state index in [0.29, 0.717) is 19.3 Å². The zero-order valence-corrected chi connectivity index (χ0v) is 43.9. The van der Waals surface area contributed by atoms with Crippen molar-refractivity contribution in [1.29, 1.82) is 0 Å². The number of hydrogen-bond acceptors (Lipinski definition) is 6. The van der Waals surface area contributed by atoms with Crippen LogP contribution >= 0.6 is 0 Å². The van der Waals surface area contributed by atoms with Crippen LogP contribution in [0.2, 0.25) is 0 Å². The number of rotatable bonds is 50. The van der Waals surface area contributed by atoms with Crippen molar-refractivity contribution in [2.45, 2.75) is 271 Å². The number of carbonyl (C=O) groups excluding carboxylic acids is 3. The van der Waals surface area contributed by atoms with Gasteiger partial charge in [-0.3, -0.25) is 14.4 Å². The molecule has 67 heavy (non-hydrogen) atoms. The van der Waals surface area contributed by atoms with Crippen LogP contribution in [0.15, 0.2) is 85.1 Å². The Balaban J connectivity index is 4.41. The van der Waals surface area contributed by atoms with Crippen molar-refractivity contribution < 1.29 is 28.6 Å². The molecule has 0 radical (unpaired) electrons. The molecule has 0 aromatic heterocycles. The largest absolute Gasteiger partial charge is 0.462 e. The molecule has 6 nitrogen and oxygen atoms in total.